The summed E-state index contributed by atoms with van der Waals surface area (Å²) < 4.78 is 20.9. The quantitative estimate of drug-likeness (QED) is 0.430. The Kier molecular flexibility index (Phi) is 7.95. The molecular formula is C27H29FN2O3S. The summed E-state index contributed by atoms with van der Waals surface area (Å²) in [4.78, 5) is 29.7. The number of nitrogens with one attached hydrogen (secondary N) is 1. The molecule has 1 fully saturated rings. The van der Waals surface area contributed by atoms with E-state index in [0.29, 0.717) is 17.9 Å². The Morgan fingerprint density at radius 2 is 1.82 bits per heavy atom. The molecule has 1 atom stereocenters. The number of hydrogen-bond donors (Lipinski definition) is 1. The standard InChI is InChI=1S/C27H29FN2O3S/c1-2-33-24-16-8-5-13-21(24)26(27(32)29-19-10-3-4-11-19)30(23-15-7-6-14-22(23)28)25(31)18-20-12-9-17-34-20/h5-9,12-17,19,26H,2-4,10-11,18H2,1H3,(H,29,32)/t26-/m1/s1. The smallest absolute Gasteiger partial charge is 0.248 e. The van der Waals surface area contributed by atoms with E-state index in [1.54, 1.807) is 36.4 Å². The molecule has 0 saturated heterocycles. The second-order valence-electron chi connectivity index (χ2n) is 8.33. The third kappa shape index (κ3) is 5.47. The molecule has 0 bridgehead atoms. The van der Waals surface area contributed by atoms with Crippen molar-refractivity contribution in [3.63, 3.8) is 0 Å². The molecule has 1 aromatic heterocycles. The zero-order chi connectivity index (χ0) is 23.9. The number of thiophene rings is 1. The number of rotatable bonds is 9. The topological polar surface area (TPSA) is 58.6 Å². The summed E-state index contributed by atoms with van der Waals surface area (Å²) in [7, 11) is 0. The first-order valence-corrected chi connectivity index (χ1v) is 12.6. The van der Waals surface area contributed by atoms with Gasteiger partial charge in [0, 0.05) is 16.5 Å². The highest BCUT2D eigenvalue weighted by Gasteiger charge is 2.37. The molecule has 1 saturated carbocycles. The predicted molar refractivity (Wildman–Crippen MR) is 133 cm³/mol. The molecule has 178 valence electrons. The van der Waals surface area contributed by atoms with Crippen LogP contribution in [-0.2, 0) is 16.0 Å². The second-order valence-corrected chi connectivity index (χ2v) is 9.37. The predicted octanol–water partition coefficient (Wildman–Crippen LogP) is 5.66. The maximum Gasteiger partial charge on any atom is 0.248 e. The molecule has 4 rings (SSSR count). The number of anilines is 1. The third-order valence-electron chi connectivity index (χ3n) is 6.01. The zero-order valence-corrected chi connectivity index (χ0v) is 20.0. The van der Waals surface area contributed by atoms with E-state index in [4.69, 9.17) is 4.74 Å². The Bertz CT molecular complexity index is 1110. The zero-order valence-electron chi connectivity index (χ0n) is 19.2. The first kappa shape index (κ1) is 24.0. The molecule has 0 radical (unpaired) electrons. The van der Waals surface area contributed by atoms with Crippen LogP contribution in [-0.4, -0.2) is 24.5 Å². The molecule has 1 N–H and O–H groups in total. The van der Waals surface area contributed by atoms with Crippen LogP contribution in [0.25, 0.3) is 0 Å². The molecule has 34 heavy (non-hydrogen) atoms. The monoisotopic (exact) mass is 480 g/mol. The van der Waals surface area contributed by atoms with Crippen LogP contribution in [0.2, 0.25) is 0 Å². The van der Waals surface area contributed by atoms with E-state index in [1.165, 1.54) is 22.3 Å². The molecule has 5 nitrogen and oxygen atoms in total. The number of halogens is 1. The third-order valence-corrected chi connectivity index (χ3v) is 6.88. The van der Waals surface area contributed by atoms with E-state index in [0.717, 1.165) is 30.6 Å². The fraction of sp³-hybridized carbons (Fsp3) is 0.333. The Morgan fingerprint density at radius 3 is 2.53 bits per heavy atom. The van der Waals surface area contributed by atoms with Crippen LogP contribution in [0.5, 0.6) is 5.75 Å². The van der Waals surface area contributed by atoms with Gasteiger partial charge in [-0.25, -0.2) is 4.39 Å². The van der Waals surface area contributed by atoms with Crippen LogP contribution in [0.3, 0.4) is 0 Å². The maximum absolute atomic E-state index is 15.1. The van der Waals surface area contributed by atoms with E-state index < -0.39 is 11.9 Å². The average Bonchev–Trinajstić information content (AvgIpc) is 3.53. The molecule has 1 aliphatic carbocycles. The van der Waals surface area contributed by atoms with Gasteiger partial charge < -0.3 is 10.1 Å². The summed E-state index contributed by atoms with van der Waals surface area (Å²) in [5.74, 6) is -0.747. The molecule has 0 unspecified atom stereocenters. The van der Waals surface area contributed by atoms with Crippen molar-refractivity contribution in [1.29, 1.82) is 0 Å². The summed E-state index contributed by atoms with van der Waals surface area (Å²) >= 11 is 1.45. The van der Waals surface area contributed by atoms with Crippen LogP contribution in [0, 0.1) is 5.82 Å². The van der Waals surface area contributed by atoms with Crippen LogP contribution in [0.1, 0.15) is 49.1 Å². The number of benzene rings is 2. The normalized spacial score (nSPS) is 14.5. The molecule has 0 aliphatic heterocycles. The molecule has 7 heteroatoms. The Hall–Kier alpha value is -3.19. The van der Waals surface area contributed by atoms with Crippen molar-refractivity contribution in [2.24, 2.45) is 0 Å². The highest BCUT2D eigenvalue weighted by molar-refractivity contribution is 7.10. The highest BCUT2D eigenvalue weighted by atomic mass is 32.1. The van der Waals surface area contributed by atoms with Crippen LogP contribution in [0.15, 0.2) is 66.0 Å². The van der Waals surface area contributed by atoms with E-state index in [9.17, 15) is 9.59 Å². The first-order valence-electron chi connectivity index (χ1n) is 11.7. The minimum absolute atomic E-state index is 0.0455. The van der Waals surface area contributed by atoms with Crippen molar-refractivity contribution in [3.05, 3.63) is 82.3 Å². The van der Waals surface area contributed by atoms with Gasteiger partial charge >= 0.3 is 0 Å². The molecule has 2 aromatic carbocycles. The lowest BCUT2D eigenvalue weighted by molar-refractivity contribution is -0.127. The summed E-state index contributed by atoms with van der Waals surface area (Å²) in [5.41, 5.74) is 0.601. The van der Waals surface area contributed by atoms with Crippen molar-refractivity contribution < 1.29 is 18.7 Å². The van der Waals surface area contributed by atoms with Gasteiger partial charge in [0.2, 0.25) is 11.8 Å². The van der Waals surface area contributed by atoms with E-state index in [1.807, 2.05) is 30.5 Å². The van der Waals surface area contributed by atoms with Crippen LogP contribution >= 0.6 is 11.3 Å². The second kappa shape index (κ2) is 11.3. The minimum atomic E-state index is -1.08. The van der Waals surface area contributed by atoms with Crippen molar-refractivity contribution in [1.82, 2.24) is 5.32 Å². The van der Waals surface area contributed by atoms with E-state index in [2.05, 4.69) is 5.32 Å². The van der Waals surface area contributed by atoms with Gasteiger partial charge in [-0.15, -0.1) is 11.3 Å². The van der Waals surface area contributed by atoms with Crippen LogP contribution in [0.4, 0.5) is 10.1 Å². The first-order chi connectivity index (χ1) is 16.6. The number of ether oxygens (including phenoxy) is 1. The lowest BCUT2D eigenvalue weighted by Gasteiger charge is -2.33. The van der Waals surface area contributed by atoms with Gasteiger partial charge in [0.05, 0.1) is 18.7 Å². The fourth-order valence-electron chi connectivity index (χ4n) is 4.45. The van der Waals surface area contributed by atoms with Gasteiger partial charge in [0.1, 0.15) is 17.6 Å². The number of amides is 2. The van der Waals surface area contributed by atoms with E-state index in [-0.39, 0.29) is 30.0 Å². The largest absolute Gasteiger partial charge is 0.493 e. The summed E-state index contributed by atoms with van der Waals surface area (Å²) in [6.07, 6.45) is 3.97. The van der Waals surface area contributed by atoms with Gasteiger partial charge in [-0.05, 0) is 49.4 Å². The van der Waals surface area contributed by atoms with Crippen molar-refractivity contribution >= 4 is 28.8 Å². The number of hydrogen-bond acceptors (Lipinski definition) is 4. The van der Waals surface area contributed by atoms with Gasteiger partial charge in [-0.3, -0.25) is 14.5 Å². The fourth-order valence-corrected chi connectivity index (χ4v) is 5.15. The highest BCUT2D eigenvalue weighted by Crippen LogP contribution is 2.36. The van der Waals surface area contributed by atoms with Crippen molar-refractivity contribution in [2.75, 3.05) is 11.5 Å². The average molecular weight is 481 g/mol. The molecule has 1 aliphatic rings. The van der Waals surface area contributed by atoms with Gasteiger partial charge in [-0.2, -0.15) is 0 Å². The van der Waals surface area contributed by atoms with Crippen molar-refractivity contribution in [3.8, 4) is 5.75 Å². The number of para-hydroxylation sites is 2. The molecule has 2 amide bonds. The van der Waals surface area contributed by atoms with Crippen LogP contribution < -0.4 is 15.0 Å². The molecular weight excluding hydrogens is 451 g/mol. The van der Waals surface area contributed by atoms with Gasteiger partial charge in [-0.1, -0.05) is 49.2 Å². The molecule has 1 heterocycles. The summed E-state index contributed by atoms with van der Waals surface area (Å²) in [6.45, 7) is 2.26. The molecule has 3 aromatic rings. The summed E-state index contributed by atoms with van der Waals surface area (Å²) in [5, 5.41) is 5.02. The maximum atomic E-state index is 15.1. The number of nitrogens with zero attached hydrogens (tertiary/aromatic N) is 1. The minimum Gasteiger partial charge on any atom is -0.493 e. The lowest BCUT2D eigenvalue weighted by atomic mass is 10.0. The Morgan fingerprint density at radius 1 is 1.09 bits per heavy atom. The van der Waals surface area contributed by atoms with Gasteiger partial charge in [0.15, 0.2) is 0 Å². The number of carbonyl (C=O) groups is 2. The summed E-state index contributed by atoms with van der Waals surface area (Å²) in [6, 6.07) is 16.0. The van der Waals surface area contributed by atoms with Gasteiger partial charge in [0.25, 0.3) is 0 Å². The SMILES string of the molecule is CCOc1ccccc1[C@H](C(=O)NC1CCCC1)N(C(=O)Cc1cccs1)c1ccccc1F. The lowest BCUT2D eigenvalue weighted by Crippen LogP contribution is -2.47. The van der Waals surface area contributed by atoms with Crippen molar-refractivity contribution in [2.45, 2.75) is 51.1 Å². The van der Waals surface area contributed by atoms with E-state index >= 15 is 4.39 Å². The number of carbonyl (C=O) groups excluding carboxylic acids is 2. The molecule has 0 spiro atoms. The Labute approximate surface area is 203 Å². The Balaban J connectivity index is 1.82.